The first-order valence-corrected chi connectivity index (χ1v) is 7.27. The van der Waals surface area contributed by atoms with Crippen LogP contribution in [0.2, 0.25) is 0 Å². The van der Waals surface area contributed by atoms with Crippen molar-refractivity contribution in [2.24, 2.45) is 10.9 Å². The van der Waals surface area contributed by atoms with Gasteiger partial charge in [-0.15, -0.1) is 0 Å². The summed E-state index contributed by atoms with van der Waals surface area (Å²) in [4.78, 5) is 14.9. The number of nitrogens with one attached hydrogen (secondary N) is 1. The first-order valence-electron chi connectivity index (χ1n) is 5.78. The molecule has 7 heteroatoms. The lowest BCUT2D eigenvalue weighted by molar-refractivity contribution is -0.137. The molecule has 0 saturated carbocycles. The van der Waals surface area contributed by atoms with E-state index in [0.29, 0.717) is 5.56 Å². The van der Waals surface area contributed by atoms with Crippen molar-refractivity contribution in [3.05, 3.63) is 29.8 Å². The molecule has 1 aliphatic rings. The van der Waals surface area contributed by atoms with Crippen molar-refractivity contribution in [3.63, 3.8) is 0 Å². The SMILES string of the molecule is CC(CN=C1NS(=O)(=O)c2ccccc21)CC(=O)O. The largest absolute Gasteiger partial charge is 0.481 e. The molecule has 0 aliphatic carbocycles. The number of aliphatic carboxylic acids is 1. The maximum atomic E-state index is 11.8. The summed E-state index contributed by atoms with van der Waals surface area (Å²) in [6.45, 7) is 2.02. The molecule has 0 radical (unpaired) electrons. The van der Waals surface area contributed by atoms with E-state index in [-0.39, 0.29) is 29.6 Å². The Kier molecular flexibility index (Phi) is 3.57. The normalized spacial score (nSPS) is 19.7. The molecule has 2 rings (SSSR count). The molecule has 19 heavy (non-hydrogen) atoms. The summed E-state index contributed by atoms with van der Waals surface area (Å²) < 4.78 is 26.0. The predicted molar refractivity (Wildman–Crippen MR) is 69.6 cm³/mol. The first-order chi connectivity index (χ1) is 8.90. The summed E-state index contributed by atoms with van der Waals surface area (Å²) >= 11 is 0. The van der Waals surface area contributed by atoms with Crippen LogP contribution in [0.25, 0.3) is 0 Å². The van der Waals surface area contributed by atoms with Crippen LogP contribution in [-0.2, 0) is 14.8 Å². The molecule has 1 unspecified atom stereocenters. The molecule has 0 amide bonds. The molecular formula is C12H14N2O4S. The van der Waals surface area contributed by atoms with Crippen molar-refractivity contribution >= 4 is 21.8 Å². The highest BCUT2D eigenvalue weighted by atomic mass is 32.2. The number of carbonyl (C=O) groups is 1. The zero-order chi connectivity index (χ0) is 14.0. The van der Waals surface area contributed by atoms with Crippen LogP contribution >= 0.6 is 0 Å². The third-order valence-electron chi connectivity index (χ3n) is 2.75. The van der Waals surface area contributed by atoms with Gasteiger partial charge in [0.2, 0.25) is 0 Å². The number of carboxylic acids is 1. The Morgan fingerprint density at radius 2 is 2.11 bits per heavy atom. The fraction of sp³-hybridized carbons (Fsp3) is 0.333. The van der Waals surface area contributed by atoms with Gasteiger partial charge in [0, 0.05) is 18.5 Å². The summed E-state index contributed by atoms with van der Waals surface area (Å²) in [5, 5.41) is 8.66. The quantitative estimate of drug-likeness (QED) is 0.855. The van der Waals surface area contributed by atoms with Crippen LogP contribution in [0.15, 0.2) is 34.2 Å². The zero-order valence-electron chi connectivity index (χ0n) is 10.3. The van der Waals surface area contributed by atoms with Crippen molar-refractivity contribution in [2.75, 3.05) is 6.54 Å². The summed E-state index contributed by atoms with van der Waals surface area (Å²) in [7, 11) is -3.52. The van der Waals surface area contributed by atoms with E-state index in [0.717, 1.165) is 0 Å². The maximum Gasteiger partial charge on any atom is 0.303 e. The molecule has 2 N–H and O–H groups in total. The standard InChI is InChI=1S/C12H14N2O4S/c1-8(6-11(15)16)7-13-12-9-4-2-3-5-10(9)19(17,18)14-12/h2-5,8H,6-7H2,1H3,(H,13,14)(H,15,16). The molecule has 1 aromatic carbocycles. The predicted octanol–water partition coefficient (Wildman–Crippen LogP) is 0.836. The van der Waals surface area contributed by atoms with E-state index in [4.69, 9.17) is 5.11 Å². The van der Waals surface area contributed by atoms with Gasteiger partial charge in [0.1, 0.15) is 5.84 Å². The van der Waals surface area contributed by atoms with Crippen molar-refractivity contribution in [1.29, 1.82) is 0 Å². The number of benzene rings is 1. The molecule has 6 nitrogen and oxygen atoms in total. The number of aliphatic imine (C=N–C) groups is 1. The fourth-order valence-corrected chi connectivity index (χ4v) is 3.11. The van der Waals surface area contributed by atoms with Crippen LogP contribution in [0, 0.1) is 5.92 Å². The molecule has 1 aromatic rings. The van der Waals surface area contributed by atoms with E-state index in [1.165, 1.54) is 6.07 Å². The van der Waals surface area contributed by atoms with Gasteiger partial charge in [-0.3, -0.25) is 14.5 Å². The lowest BCUT2D eigenvalue weighted by atomic mass is 10.1. The number of nitrogens with zero attached hydrogens (tertiary/aromatic N) is 1. The molecule has 1 aliphatic heterocycles. The second-order valence-electron chi connectivity index (χ2n) is 4.49. The minimum absolute atomic E-state index is 0.00514. The number of rotatable bonds is 4. The molecule has 0 fully saturated rings. The van der Waals surface area contributed by atoms with Crippen LogP contribution in [0.1, 0.15) is 18.9 Å². The molecule has 102 valence electrons. The Morgan fingerprint density at radius 1 is 1.42 bits per heavy atom. The van der Waals surface area contributed by atoms with Crippen molar-refractivity contribution in [2.45, 2.75) is 18.2 Å². The smallest absolute Gasteiger partial charge is 0.303 e. The van der Waals surface area contributed by atoms with Gasteiger partial charge < -0.3 is 5.11 Å². The second-order valence-corrected chi connectivity index (χ2v) is 6.14. The van der Waals surface area contributed by atoms with Crippen molar-refractivity contribution in [3.8, 4) is 0 Å². The monoisotopic (exact) mass is 282 g/mol. The molecule has 1 heterocycles. The second kappa shape index (κ2) is 5.00. The molecule has 0 bridgehead atoms. The minimum atomic E-state index is -3.52. The van der Waals surface area contributed by atoms with Gasteiger partial charge in [-0.05, 0) is 18.1 Å². The lowest BCUT2D eigenvalue weighted by Crippen LogP contribution is -2.23. The van der Waals surface area contributed by atoms with E-state index in [1.54, 1.807) is 25.1 Å². The number of amidine groups is 1. The summed E-state index contributed by atoms with van der Waals surface area (Å²) in [5.41, 5.74) is 0.532. The molecule has 0 aromatic heterocycles. The van der Waals surface area contributed by atoms with Crippen molar-refractivity contribution < 1.29 is 18.3 Å². The number of fused-ring (bicyclic) bond motifs is 1. The zero-order valence-corrected chi connectivity index (χ0v) is 11.1. The highest BCUT2D eigenvalue weighted by Gasteiger charge is 2.30. The number of carboxylic acid groups (broad SMARTS) is 1. The third kappa shape index (κ3) is 2.93. The van der Waals surface area contributed by atoms with E-state index >= 15 is 0 Å². The van der Waals surface area contributed by atoms with Gasteiger partial charge in [-0.1, -0.05) is 19.1 Å². The van der Waals surface area contributed by atoms with Gasteiger partial charge in [0.15, 0.2) is 0 Å². The van der Waals surface area contributed by atoms with E-state index in [9.17, 15) is 13.2 Å². The highest BCUT2D eigenvalue weighted by Crippen LogP contribution is 2.22. The Morgan fingerprint density at radius 3 is 2.79 bits per heavy atom. The molecular weight excluding hydrogens is 268 g/mol. The average molecular weight is 282 g/mol. The van der Waals surface area contributed by atoms with Crippen LogP contribution in [0.4, 0.5) is 0 Å². The number of hydrogen-bond acceptors (Lipinski definition) is 4. The summed E-state index contributed by atoms with van der Waals surface area (Å²) in [6, 6.07) is 6.57. The minimum Gasteiger partial charge on any atom is -0.481 e. The molecule has 1 atom stereocenters. The van der Waals surface area contributed by atoms with Crippen LogP contribution in [-0.4, -0.2) is 31.9 Å². The maximum absolute atomic E-state index is 11.8. The molecule has 0 saturated heterocycles. The number of sulfonamides is 1. The molecule has 0 spiro atoms. The topological polar surface area (TPSA) is 95.8 Å². The first kappa shape index (κ1) is 13.5. The van der Waals surface area contributed by atoms with Crippen molar-refractivity contribution in [1.82, 2.24) is 4.72 Å². The average Bonchev–Trinajstić information content (AvgIpc) is 2.59. The Labute approximate surface area is 111 Å². The van der Waals surface area contributed by atoms with Crippen LogP contribution in [0.3, 0.4) is 0 Å². The Bertz CT molecular complexity index is 637. The van der Waals surface area contributed by atoms with Gasteiger partial charge in [0.25, 0.3) is 10.0 Å². The number of hydrogen-bond donors (Lipinski definition) is 2. The summed E-state index contributed by atoms with van der Waals surface area (Å²) in [5.74, 6) is -0.754. The Hall–Kier alpha value is -1.89. The van der Waals surface area contributed by atoms with Gasteiger partial charge in [0.05, 0.1) is 4.90 Å². The fourth-order valence-electron chi connectivity index (χ4n) is 1.86. The van der Waals surface area contributed by atoms with E-state index in [2.05, 4.69) is 9.71 Å². The highest BCUT2D eigenvalue weighted by molar-refractivity contribution is 7.90. The van der Waals surface area contributed by atoms with Crippen LogP contribution in [0.5, 0.6) is 0 Å². The summed E-state index contributed by atoms with van der Waals surface area (Å²) in [6.07, 6.45) is 0.00514. The van der Waals surface area contributed by atoms with Crippen LogP contribution < -0.4 is 4.72 Å². The van der Waals surface area contributed by atoms with Gasteiger partial charge >= 0.3 is 5.97 Å². The van der Waals surface area contributed by atoms with Gasteiger partial charge in [-0.25, -0.2) is 8.42 Å². The Balaban J connectivity index is 2.22. The lowest BCUT2D eigenvalue weighted by Gasteiger charge is -2.05. The van der Waals surface area contributed by atoms with E-state index in [1.807, 2.05) is 0 Å². The third-order valence-corrected chi connectivity index (χ3v) is 4.14. The van der Waals surface area contributed by atoms with E-state index < -0.39 is 16.0 Å². The van der Waals surface area contributed by atoms with Gasteiger partial charge in [-0.2, -0.15) is 0 Å².